The fourth-order valence-corrected chi connectivity index (χ4v) is 2.77. The van der Waals surface area contributed by atoms with Crippen LogP contribution in [0, 0.1) is 19.8 Å². The largest absolute Gasteiger partial charge is 0.355 e. The standard InChI is InChI=1S/C20H25N3O3/c1-6-11(2)19(25)22-15-9-7-8-10-16(15)23-20(26)17-12(3)18(14(5)24)21-13(17)4/h7-11,21H,6H2,1-5H3,(H,22,25)(H,23,26). The second kappa shape index (κ2) is 7.99. The van der Waals surface area contributed by atoms with E-state index in [1.54, 1.807) is 38.1 Å². The summed E-state index contributed by atoms with van der Waals surface area (Å²) in [5.74, 6) is -0.659. The number of carbonyl (C=O) groups is 3. The molecule has 26 heavy (non-hydrogen) atoms. The van der Waals surface area contributed by atoms with Crippen molar-refractivity contribution in [2.75, 3.05) is 10.6 Å². The van der Waals surface area contributed by atoms with Gasteiger partial charge in [0.15, 0.2) is 5.78 Å². The van der Waals surface area contributed by atoms with Crippen LogP contribution in [0.15, 0.2) is 24.3 Å². The number of anilines is 2. The Morgan fingerprint density at radius 2 is 1.65 bits per heavy atom. The number of Topliss-reactive ketones (excluding diaryl/α,β-unsaturated/α-hetero) is 1. The third-order valence-electron chi connectivity index (χ3n) is 4.51. The van der Waals surface area contributed by atoms with E-state index in [9.17, 15) is 14.4 Å². The quantitative estimate of drug-likeness (QED) is 0.682. The summed E-state index contributed by atoms with van der Waals surface area (Å²) in [4.78, 5) is 39.6. The lowest BCUT2D eigenvalue weighted by Crippen LogP contribution is -2.21. The highest BCUT2D eigenvalue weighted by Crippen LogP contribution is 2.25. The maximum absolute atomic E-state index is 12.8. The number of ketones is 1. The molecule has 0 spiro atoms. The Kier molecular flexibility index (Phi) is 5.97. The van der Waals surface area contributed by atoms with Crippen LogP contribution < -0.4 is 10.6 Å². The number of carbonyl (C=O) groups excluding carboxylic acids is 3. The average Bonchev–Trinajstić information content (AvgIpc) is 2.90. The summed E-state index contributed by atoms with van der Waals surface area (Å²) in [7, 11) is 0. The van der Waals surface area contributed by atoms with Gasteiger partial charge in [0.2, 0.25) is 5.91 Å². The molecule has 0 fully saturated rings. The zero-order chi connectivity index (χ0) is 19.4. The van der Waals surface area contributed by atoms with Crippen LogP contribution in [0.1, 0.15) is 59.3 Å². The summed E-state index contributed by atoms with van der Waals surface area (Å²) in [6.07, 6.45) is 0.732. The third-order valence-corrected chi connectivity index (χ3v) is 4.51. The molecule has 0 saturated heterocycles. The van der Waals surface area contributed by atoms with Crippen LogP contribution in [0.3, 0.4) is 0 Å². The number of para-hydroxylation sites is 2. The molecule has 1 unspecified atom stereocenters. The number of rotatable bonds is 6. The van der Waals surface area contributed by atoms with E-state index in [0.717, 1.165) is 6.42 Å². The van der Waals surface area contributed by atoms with Crippen molar-refractivity contribution >= 4 is 29.0 Å². The third kappa shape index (κ3) is 4.02. The first-order chi connectivity index (χ1) is 12.3. The molecule has 0 aliphatic carbocycles. The van der Waals surface area contributed by atoms with Crippen molar-refractivity contribution in [1.82, 2.24) is 4.98 Å². The van der Waals surface area contributed by atoms with E-state index in [2.05, 4.69) is 15.6 Å². The van der Waals surface area contributed by atoms with Crippen molar-refractivity contribution in [2.24, 2.45) is 5.92 Å². The van der Waals surface area contributed by atoms with E-state index in [1.807, 2.05) is 13.8 Å². The lowest BCUT2D eigenvalue weighted by Gasteiger charge is -2.14. The average molecular weight is 355 g/mol. The number of aromatic amines is 1. The first kappa shape index (κ1) is 19.4. The second-order valence-corrected chi connectivity index (χ2v) is 6.48. The van der Waals surface area contributed by atoms with Crippen molar-refractivity contribution in [2.45, 2.75) is 41.0 Å². The van der Waals surface area contributed by atoms with Gasteiger partial charge in [0, 0.05) is 18.5 Å². The summed E-state index contributed by atoms with van der Waals surface area (Å²) in [6, 6.07) is 7.05. The molecule has 1 heterocycles. The summed E-state index contributed by atoms with van der Waals surface area (Å²) < 4.78 is 0. The van der Waals surface area contributed by atoms with E-state index >= 15 is 0 Å². The van der Waals surface area contributed by atoms with Crippen molar-refractivity contribution in [3.05, 3.63) is 46.8 Å². The van der Waals surface area contributed by atoms with E-state index in [0.29, 0.717) is 33.9 Å². The van der Waals surface area contributed by atoms with E-state index in [-0.39, 0.29) is 23.5 Å². The first-order valence-electron chi connectivity index (χ1n) is 8.67. The predicted molar refractivity (Wildman–Crippen MR) is 103 cm³/mol. The molecule has 0 aliphatic heterocycles. The summed E-state index contributed by atoms with van der Waals surface area (Å²) >= 11 is 0. The lowest BCUT2D eigenvalue weighted by molar-refractivity contribution is -0.119. The predicted octanol–water partition coefficient (Wildman–Crippen LogP) is 4.07. The van der Waals surface area contributed by atoms with Crippen LogP contribution in [0.2, 0.25) is 0 Å². The molecule has 2 amide bonds. The van der Waals surface area contributed by atoms with Crippen LogP contribution in [-0.4, -0.2) is 22.6 Å². The zero-order valence-electron chi connectivity index (χ0n) is 15.8. The molecule has 3 N–H and O–H groups in total. The minimum Gasteiger partial charge on any atom is -0.355 e. The number of aromatic nitrogens is 1. The minimum absolute atomic E-state index is 0.0953. The second-order valence-electron chi connectivity index (χ2n) is 6.48. The summed E-state index contributed by atoms with van der Waals surface area (Å²) in [5, 5.41) is 5.69. The van der Waals surface area contributed by atoms with Gasteiger partial charge >= 0.3 is 0 Å². The molecule has 0 aliphatic rings. The fraction of sp³-hybridized carbons (Fsp3) is 0.350. The van der Waals surface area contributed by atoms with Crippen molar-refractivity contribution in [3.8, 4) is 0 Å². The number of hydrogen-bond acceptors (Lipinski definition) is 3. The van der Waals surface area contributed by atoms with Gasteiger partial charge in [-0.2, -0.15) is 0 Å². The van der Waals surface area contributed by atoms with Gasteiger partial charge in [0.25, 0.3) is 5.91 Å². The molecular formula is C20H25N3O3. The lowest BCUT2D eigenvalue weighted by atomic mass is 10.1. The van der Waals surface area contributed by atoms with Crippen LogP contribution in [-0.2, 0) is 4.79 Å². The fourth-order valence-electron chi connectivity index (χ4n) is 2.77. The van der Waals surface area contributed by atoms with E-state index < -0.39 is 0 Å². The highest BCUT2D eigenvalue weighted by molar-refractivity contribution is 6.10. The van der Waals surface area contributed by atoms with E-state index in [4.69, 9.17) is 0 Å². The number of aryl methyl sites for hydroxylation is 1. The van der Waals surface area contributed by atoms with Gasteiger partial charge in [-0.1, -0.05) is 26.0 Å². The Morgan fingerprint density at radius 3 is 2.15 bits per heavy atom. The van der Waals surface area contributed by atoms with Crippen molar-refractivity contribution in [3.63, 3.8) is 0 Å². The maximum Gasteiger partial charge on any atom is 0.257 e. The molecule has 0 bridgehead atoms. The first-order valence-corrected chi connectivity index (χ1v) is 8.67. The minimum atomic E-state index is -0.325. The molecule has 6 nitrogen and oxygen atoms in total. The normalized spacial score (nSPS) is 11.7. The Balaban J connectivity index is 2.28. The molecule has 1 atom stereocenters. The van der Waals surface area contributed by atoms with Crippen LogP contribution >= 0.6 is 0 Å². The molecule has 0 radical (unpaired) electrons. The Labute approximate surface area is 153 Å². The highest BCUT2D eigenvalue weighted by atomic mass is 16.2. The molecule has 2 aromatic rings. The molecule has 1 aromatic heterocycles. The van der Waals surface area contributed by atoms with Gasteiger partial charge in [-0.05, 0) is 38.0 Å². The van der Waals surface area contributed by atoms with Gasteiger partial charge in [0.05, 0.1) is 22.6 Å². The summed E-state index contributed by atoms with van der Waals surface area (Å²) in [5.41, 5.74) is 3.19. The monoisotopic (exact) mass is 355 g/mol. The zero-order valence-corrected chi connectivity index (χ0v) is 15.8. The molecule has 0 saturated carbocycles. The Hall–Kier alpha value is -2.89. The van der Waals surface area contributed by atoms with Crippen LogP contribution in [0.5, 0.6) is 0 Å². The van der Waals surface area contributed by atoms with Crippen molar-refractivity contribution < 1.29 is 14.4 Å². The molecule has 6 heteroatoms. The van der Waals surface area contributed by atoms with Crippen LogP contribution in [0.4, 0.5) is 11.4 Å². The van der Waals surface area contributed by atoms with Crippen LogP contribution in [0.25, 0.3) is 0 Å². The Morgan fingerprint density at radius 1 is 1.08 bits per heavy atom. The number of benzene rings is 1. The van der Waals surface area contributed by atoms with Gasteiger partial charge < -0.3 is 15.6 Å². The maximum atomic E-state index is 12.8. The molecule has 1 aromatic carbocycles. The van der Waals surface area contributed by atoms with Crippen molar-refractivity contribution in [1.29, 1.82) is 0 Å². The SMILES string of the molecule is CCC(C)C(=O)Nc1ccccc1NC(=O)c1c(C)[nH]c(C(C)=O)c1C. The molecule has 138 valence electrons. The number of amides is 2. The smallest absolute Gasteiger partial charge is 0.257 e. The molecular weight excluding hydrogens is 330 g/mol. The topological polar surface area (TPSA) is 91.1 Å². The number of H-pyrrole nitrogens is 1. The van der Waals surface area contributed by atoms with Gasteiger partial charge in [-0.25, -0.2) is 0 Å². The molecule has 2 rings (SSSR count). The van der Waals surface area contributed by atoms with E-state index in [1.165, 1.54) is 6.92 Å². The number of hydrogen-bond donors (Lipinski definition) is 3. The highest BCUT2D eigenvalue weighted by Gasteiger charge is 2.21. The van der Waals surface area contributed by atoms with Gasteiger partial charge in [0.1, 0.15) is 0 Å². The van der Waals surface area contributed by atoms with Gasteiger partial charge in [-0.15, -0.1) is 0 Å². The van der Waals surface area contributed by atoms with Gasteiger partial charge in [-0.3, -0.25) is 14.4 Å². The summed E-state index contributed by atoms with van der Waals surface area (Å²) in [6.45, 7) is 8.75. The number of nitrogens with one attached hydrogen (secondary N) is 3. The Bertz CT molecular complexity index is 852.